The van der Waals surface area contributed by atoms with E-state index in [-0.39, 0.29) is 48.4 Å². The van der Waals surface area contributed by atoms with Crippen molar-refractivity contribution in [2.75, 3.05) is 26.3 Å². The van der Waals surface area contributed by atoms with Crippen LogP contribution in [0.1, 0.15) is 39.9 Å². The van der Waals surface area contributed by atoms with Crippen LogP contribution < -0.4 is 10.1 Å². The summed E-state index contributed by atoms with van der Waals surface area (Å²) < 4.78 is 11.1. The number of phenols is 4. The predicted octanol–water partition coefficient (Wildman–Crippen LogP) is 0.00120. The number of nitrogens with zero attached hydrogens (tertiary/aromatic N) is 2. The molecule has 0 aliphatic carbocycles. The molecule has 202 valence electrons. The van der Waals surface area contributed by atoms with Crippen LogP contribution in [0.2, 0.25) is 0 Å². The number of morpholine rings is 1. The highest BCUT2D eigenvalue weighted by atomic mass is 16.5. The van der Waals surface area contributed by atoms with E-state index in [0.29, 0.717) is 31.9 Å². The van der Waals surface area contributed by atoms with Crippen LogP contribution in [0.4, 0.5) is 0 Å². The van der Waals surface area contributed by atoms with E-state index >= 15 is 0 Å². The number of amides is 3. The van der Waals surface area contributed by atoms with Crippen LogP contribution in [0, 0.1) is 0 Å². The summed E-state index contributed by atoms with van der Waals surface area (Å²) in [4.78, 5) is 39.8. The number of imide groups is 1. The molecule has 1 atom stereocenters. The Morgan fingerprint density at radius 2 is 1.63 bits per heavy atom. The van der Waals surface area contributed by atoms with Crippen LogP contribution in [0.3, 0.4) is 0 Å². The number of hydrogen-bond acceptors (Lipinski definition) is 11. The van der Waals surface area contributed by atoms with Crippen molar-refractivity contribution in [2.24, 2.45) is 0 Å². The molecule has 0 radical (unpaired) electrons. The fraction of sp³-hybridized carbons (Fsp3) is 0.400. The minimum atomic E-state index is -2.22. The SMILES string of the molecule is O=C1CCC(O)(N2Cc3c(OCc4c(O)c(O)c(CN5CCOCC5)c(O)c4O)cccc3C2=O)C(=O)N1. The molecule has 0 spiro atoms. The normalized spacial score (nSPS) is 21.9. The van der Waals surface area contributed by atoms with Gasteiger partial charge in [0.25, 0.3) is 11.8 Å². The second-order valence-corrected chi connectivity index (χ2v) is 9.40. The van der Waals surface area contributed by atoms with E-state index in [9.17, 15) is 39.9 Å². The molecule has 6 N–H and O–H groups in total. The first-order valence-electron chi connectivity index (χ1n) is 12.0. The molecule has 3 heterocycles. The molecule has 2 saturated heterocycles. The maximum Gasteiger partial charge on any atom is 0.279 e. The van der Waals surface area contributed by atoms with E-state index in [1.807, 2.05) is 10.2 Å². The van der Waals surface area contributed by atoms with Crippen LogP contribution >= 0.6 is 0 Å². The number of piperidine rings is 1. The molecule has 0 bridgehead atoms. The van der Waals surface area contributed by atoms with Crippen molar-refractivity contribution in [2.45, 2.75) is 38.3 Å². The number of aliphatic hydroxyl groups is 1. The molecule has 3 aliphatic heterocycles. The van der Waals surface area contributed by atoms with E-state index in [2.05, 4.69) is 0 Å². The second kappa shape index (κ2) is 9.67. The van der Waals surface area contributed by atoms with Gasteiger partial charge in [-0.3, -0.25) is 29.5 Å². The Balaban J connectivity index is 1.37. The molecule has 1 unspecified atom stereocenters. The summed E-state index contributed by atoms with van der Waals surface area (Å²) in [5.74, 6) is -4.52. The zero-order chi connectivity index (χ0) is 27.2. The van der Waals surface area contributed by atoms with Crippen LogP contribution in [0.25, 0.3) is 0 Å². The molecule has 2 aromatic carbocycles. The first-order valence-corrected chi connectivity index (χ1v) is 12.0. The standard InChI is InChI=1S/C25H27N3O10/c29-18-4-5-25(36,24(35)26-18)28-11-14-13(23(28)34)2-1-3-17(14)38-12-16-21(32)19(30)15(20(31)22(16)33)10-27-6-8-37-9-7-27/h1-3,30-33,36H,4-12H2,(H,26,29,35). The number of nitrogens with one attached hydrogen (secondary N) is 1. The van der Waals surface area contributed by atoms with Crippen molar-refractivity contribution in [3.63, 3.8) is 0 Å². The van der Waals surface area contributed by atoms with Crippen molar-refractivity contribution in [1.82, 2.24) is 15.1 Å². The zero-order valence-electron chi connectivity index (χ0n) is 20.3. The number of ether oxygens (including phenoxy) is 2. The lowest BCUT2D eigenvalue weighted by Gasteiger charge is -2.37. The minimum Gasteiger partial charge on any atom is -0.504 e. The summed E-state index contributed by atoms with van der Waals surface area (Å²) in [5, 5.41) is 55.4. The largest absolute Gasteiger partial charge is 0.504 e. The van der Waals surface area contributed by atoms with E-state index in [1.54, 1.807) is 0 Å². The van der Waals surface area contributed by atoms with Gasteiger partial charge in [-0.15, -0.1) is 0 Å². The molecule has 3 amide bonds. The van der Waals surface area contributed by atoms with Gasteiger partial charge in [-0.2, -0.15) is 0 Å². The fourth-order valence-electron chi connectivity index (χ4n) is 4.90. The Hall–Kier alpha value is -4.07. The minimum absolute atomic E-state index is 0.0371. The lowest BCUT2D eigenvalue weighted by atomic mass is 10.00. The van der Waals surface area contributed by atoms with Crippen LogP contribution in [-0.2, 0) is 34.0 Å². The molecule has 2 fully saturated rings. The van der Waals surface area contributed by atoms with E-state index < -0.39 is 53.1 Å². The van der Waals surface area contributed by atoms with Gasteiger partial charge in [0.05, 0.1) is 30.9 Å². The number of phenolic OH excluding ortho intramolecular Hbond substituents is 4. The highest BCUT2D eigenvalue weighted by Gasteiger charge is 2.51. The Morgan fingerprint density at radius 3 is 2.29 bits per heavy atom. The third-order valence-electron chi connectivity index (χ3n) is 7.14. The summed E-state index contributed by atoms with van der Waals surface area (Å²) in [5.41, 5.74) is -2.02. The van der Waals surface area contributed by atoms with Crippen LogP contribution in [-0.4, -0.2) is 85.1 Å². The monoisotopic (exact) mass is 529 g/mol. The van der Waals surface area contributed by atoms with Crippen molar-refractivity contribution >= 4 is 17.7 Å². The topological polar surface area (TPSA) is 189 Å². The molecule has 13 nitrogen and oxygen atoms in total. The predicted molar refractivity (Wildman–Crippen MR) is 127 cm³/mol. The number of hydrogen-bond donors (Lipinski definition) is 6. The van der Waals surface area contributed by atoms with Crippen LogP contribution in [0.5, 0.6) is 28.7 Å². The number of carbonyl (C=O) groups excluding carboxylic acids is 3. The Labute approximate surface area is 216 Å². The molecule has 13 heteroatoms. The van der Waals surface area contributed by atoms with Crippen LogP contribution in [0.15, 0.2) is 18.2 Å². The van der Waals surface area contributed by atoms with Gasteiger partial charge in [0.2, 0.25) is 11.6 Å². The third-order valence-corrected chi connectivity index (χ3v) is 7.14. The first kappa shape index (κ1) is 25.6. The van der Waals surface area contributed by atoms with Crippen molar-refractivity contribution in [3.8, 4) is 28.7 Å². The summed E-state index contributed by atoms with van der Waals surface area (Å²) in [6.07, 6.45) is -0.399. The zero-order valence-corrected chi connectivity index (χ0v) is 20.3. The summed E-state index contributed by atoms with van der Waals surface area (Å²) in [7, 11) is 0. The Kier molecular flexibility index (Phi) is 6.51. The van der Waals surface area contributed by atoms with Crippen molar-refractivity contribution in [3.05, 3.63) is 40.5 Å². The molecule has 3 aliphatic rings. The Bertz CT molecular complexity index is 1290. The van der Waals surface area contributed by atoms with Gasteiger partial charge < -0.3 is 35.0 Å². The molecular weight excluding hydrogens is 502 g/mol. The van der Waals surface area contributed by atoms with Gasteiger partial charge in [0.1, 0.15) is 12.4 Å². The molecule has 2 aromatic rings. The lowest BCUT2D eigenvalue weighted by Crippen LogP contribution is -2.63. The fourth-order valence-corrected chi connectivity index (χ4v) is 4.90. The average molecular weight is 530 g/mol. The quantitative estimate of drug-likeness (QED) is 0.168. The number of fused-ring (bicyclic) bond motifs is 1. The first-order chi connectivity index (χ1) is 18.1. The van der Waals surface area contributed by atoms with Gasteiger partial charge in [0, 0.05) is 43.6 Å². The van der Waals surface area contributed by atoms with Gasteiger partial charge in [0.15, 0.2) is 23.0 Å². The molecule has 0 saturated carbocycles. The number of rotatable bonds is 6. The van der Waals surface area contributed by atoms with E-state index in [0.717, 1.165) is 4.90 Å². The maximum atomic E-state index is 13.0. The lowest BCUT2D eigenvalue weighted by molar-refractivity contribution is -0.168. The molecule has 0 aromatic heterocycles. The van der Waals surface area contributed by atoms with E-state index in [1.165, 1.54) is 18.2 Å². The van der Waals surface area contributed by atoms with Gasteiger partial charge in [-0.25, -0.2) is 0 Å². The summed E-state index contributed by atoms with van der Waals surface area (Å²) >= 11 is 0. The summed E-state index contributed by atoms with van der Waals surface area (Å²) in [6, 6.07) is 4.53. The van der Waals surface area contributed by atoms with Crippen molar-refractivity contribution < 1.29 is 49.4 Å². The highest BCUT2D eigenvalue weighted by Crippen LogP contribution is 2.47. The smallest absolute Gasteiger partial charge is 0.279 e. The number of aromatic hydroxyl groups is 4. The van der Waals surface area contributed by atoms with E-state index in [4.69, 9.17) is 9.47 Å². The van der Waals surface area contributed by atoms with Gasteiger partial charge in [-0.1, -0.05) is 6.07 Å². The number of carbonyl (C=O) groups is 3. The molecule has 38 heavy (non-hydrogen) atoms. The maximum absolute atomic E-state index is 13.0. The molecule has 5 rings (SSSR count). The van der Waals surface area contributed by atoms with Gasteiger partial charge in [-0.05, 0) is 12.1 Å². The second-order valence-electron chi connectivity index (χ2n) is 9.40. The average Bonchev–Trinajstić information content (AvgIpc) is 3.26. The van der Waals surface area contributed by atoms with Gasteiger partial charge >= 0.3 is 0 Å². The summed E-state index contributed by atoms with van der Waals surface area (Å²) in [6.45, 7) is 1.45. The third kappa shape index (κ3) is 4.23. The number of benzene rings is 2. The van der Waals surface area contributed by atoms with Crippen molar-refractivity contribution in [1.29, 1.82) is 0 Å². The Morgan fingerprint density at radius 1 is 0.974 bits per heavy atom. The molecular formula is C25H27N3O10. The highest BCUT2D eigenvalue weighted by molar-refractivity contribution is 6.07.